The number of benzene rings is 1. The first-order valence-corrected chi connectivity index (χ1v) is 11.3. The molecule has 168 valence electrons. The van der Waals surface area contributed by atoms with Crippen molar-refractivity contribution in [3.63, 3.8) is 0 Å². The molecular weight excluding hydrogens is 408 g/mol. The van der Waals surface area contributed by atoms with E-state index in [1.807, 2.05) is 25.2 Å². The predicted molar refractivity (Wildman–Crippen MR) is 130 cm³/mol. The lowest BCUT2D eigenvalue weighted by molar-refractivity contribution is 0.161. The second kappa shape index (κ2) is 8.96. The summed E-state index contributed by atoms with van der Waals surface area (Å²) in [5.41, 5.74) is 2.73. The average Bonchev–Trinajstić information content (AvgIpc) is 3.18. The predicted octanol–water partition coefficient (Wildman–Crippen LogP) is 4.17. The van der Waals surface area contributed by atoms with Crippen LogP contribution in [-0.2, 0) is 0 Å². The Hall–Kier alpha value is -2.45. The van der Waals surface area contributed by atoms with Crippen molar-refractivity contribution in [2.24, 2.45) is 0 Å². The van der Waals surface area contributed by atoms with Crippen LogP contribution < -0.4 is 20.3 Å². The number of aromatic nitrogens is 2. The summed E-state index contributed by atoms with van der Waals surface area (Å²) in [6.07, 6.45) is 5.21. The van der Waals surface area contributed by atoms with Crippen LogP contribution in [0.5, 0.6) is 5.75 Å². The van der Waals surface area contributed by atoms with Gasteiger partial charge in [-0.3, -0.25) is 0 Å². The molecule has 2 aromatic rings. The Labute approximate surface area is 189 Å². The number of nitrogens with one attached hydrogen (secondary N) is 3. The zero-order valence-corrected chi connectivity index (χ0v) is 20.4. The maximum absolute atomic E-state index is 7.65. The van der Waals surface area contributed by atoms with Gasteiger partial charge >= 0.3 is 0 Å². The van der Waals surface area contributed by atoms with Crippen LogP contribution >= 0.6 is 11.3 Å². The number of nitrogens with zero attached hydrogens (tertiary/aromatic N) is 3. The van der Waals surface area contributed by atoms with Crippen LogP contribution in [0.3, 0.4) is 0 Å². The van der Waals surface area contributed by atoms with E-state index in [4.69, 9.17) is 10.1 Å². The van der Waals surface area contributed by atoms with Gasteiger partial charge in [0.1, 0.15) is 5.75 Å². The molecule has 1 aromatic carbocycles. The highest BCUT2D eigenvalue weighted by molar-refractivity contribution is 7.18. The van der Waals surface area contributed by atoms with Gasteiger partial charge in [0.15, 0.2) is 5.01 Å². The molecule has 0 amide bonds. The highest BCUT2D eigenvalue weighted by Gasteiger charge is 2.39. The molecule has 3 rings (SSSR count). The van der Waals surface area contributed by atoms with E-state index in [1.165, 1.54) is 6.21 Å². The molecule has 0 spiro atoms. The molecule has 0 atom stereocenters. The second-order valence-electron chi connectivity index (χ2n) is 9.40. The third-order valence-corrected chi connectivity index (χ3v) is 6.70. The van der Waals surface area contributed by atoms with Gasteiger partial charge in [0.25, 0.3) is 0 Å². The molecule has 1 aliphatic heterocycles. The second-order valence-corrected chi connectivity index (χ2v) is 10.4. The molecule has 3 N–H and O–H groups in total. The molecular formula is C23H34N6OS. The highest BCUT2D eigenvalue weighted by Crippen LogP contribution is 2.38. The Bertz CT molecular complexity index is 949. The fourth-order valence-corrected chi connectivity index (χ4v) is 5.48. The number of ether oxygens (including phenoxy) is 1. The number of anilines is 1. The Balaban J connectivity index is 1.88. The van der Waals surface area contributed by atoms with Gasteiger partial charge in [0, 0.05) is 49.2 Å². The maximum Gasteiger partial charge on any atom is 0.208 e. The van der Waals surface area contributed by atoms with E-state index >= 15 is 0 Å². The molecule has 0 radical (unpaired) electrons. The van der Waals surface area contributed by atoms with E-state index in [9.17, 15) is 0 Å². The normalized spacial score (nSPS) is 18.5. The standard InChI is InChI=1S/C23H34N6OS/c1-22(2)11-17(12-23(3,4)28-22)29(6)21-27-26-20(31-21)18-9-8-15(10-19(18)30-7)16(13-24)14-25-5/h8-10,13-14,17,24-25,28H,11-12H2,1-7H3/b16-14+,24-13?. The highest BCUT2D eigenvalue weighted by atomic mass is 32.1. The van der Waals surface area contributed by atoms with Crippen molar-refractivity contribution >= 4 is 28.3 Å². The summed E-state index contributed by atoms with van der Waals surface area (Å²) in [6, 6.07) is 6.29. The fourth-order valence-electron chi connectivity index (χ4n) is 4.58. The van der Waals surface area contributed by atoms with Crippen LogP contribution in [0.2, 0.25) is 0 Å². The topological polar surface area (TPSA) is 86.2 Å². The van der Waals surface area contributed by atoms with Gasteiger partial charge < -0.3 is 25.7 Å². The SMILES string of the molecule is CN/C=C(\C=N)c1ccc(-c2nnc(N(C)C3CC(C)(C)NC(C)(C)C3)s2)c(OC)c1. The summed E-state index contributed by atoms with van der Waals surface area (Å²) in [7, 11) is 5.59. The van der Waals surface area contributed by atoms with Crippen molar-refractivity contribution in [1.82, 2.24) is 20.8 Å². The molecule has 0 saturated carbocycles. The summed E-state index contributed by atoms with van der Waals surface area (Å²) in [5, 5.41) is 25.1. The van der Waals surface area contributed by atoms with Gasteiger partial charge in [-0.15, -0.1) is 10.2 Å². The molecule has 0 bridgehead atoms. The van der Waals surface area contributed by atoms with E-state index in [0.29, 0.717) is 6.04 Å². The number of allylic oxidation sites excluding steroid dienone is 1. The molecule has 1 fully saturated rings. The van der Waals surface area contributed by atoms with Crippen molar-refractivity contribution in [2.45, 2.75) is 57.7 Å². The molecule has 1 aromatic heterocycles. The van der Waals surface area contributed by atoms with Crippen molar-refractivity contribution in [3.05, 3.63) is 30.0 Å². The summed E-state index contributed by atoms with van der Waals surface area (Å²) in [6.45, 7) is 9.05. The molecule has 31 heavy (non-hydrogen) atoms. The smallest absolute Gasteiger partial charge is 0.208 e. The largest absolute Gasteiger partial charge is 0.496 e. The summed E-state index contributed by atoms with van der Waals surface area (Å²) in [4.78, 5) is 2.27. The van der Waals surface area contributed by atoms with Gasteiger partial charge in [-0.1, -0.05) is 17.4 Å². The van der Waals surface area contributed by atoms with Gasteiger partial charge in [-0.25, -0.2) is 0 Å². The van der Waals surface area contributed by atoms with Crippen LogP contribution in [0.1, 0.15) is 46.1 Å². The molecule has 7 nitrogen and oxygen atoms in total. The Morgan fingerprint density at radius 3 is 2.52 bits per heavy atom. The molecule has 0 unspecified atom stereocenters. The van der Waals surface area contributed by atoms with Gasteiger partial charge in [-0.05, 0) is 58.2 Å². The molecule has 1 aliphatic rings. The number of piperidine rings is 1. The Kier molecular flexibility index (Phi) is 6.71. The van der Waals surface area contributed by atoms with Crippen molar-refractivity contribution < 1.29 is 4.74 Å². The van der Waals surface area contributed by atoms with Crippen LogP contribution in [0.15, 0.2) is 24.4 Å². The first-order chi connectivity index (χ1) is 14.6. The van der Waals surface area contributed by atoms with E-state index in [0.717, 1.165) is 45.4 Å². The quantitative estimate of drug-likeness (QED) is 0.558. The van der Waals surface area contributed by atoms with E-state index in [1.54, 1.807) is 24.6 Å². The van der Waals surface area contributed by atoms with Crippen LogP contribution in [0.25, 0.3) is 16.1 Å². The zero-order valence-electron chi connectivity index (χ0n) is 19.5. The minimum absolute atomic E-state index is 0.0701. The lowest BCUT2D eigenvalue weighted by Crippen LogP contribution is -2.61. The third-order valence-electron chi connectivity index (χ3n) is 5.65. The van der Waals surface area contributed by atoms with Gasteiger partial charge in [0.2, 0.25) is 5.13 Å². The van der Waals surface area contributed by atoms with Crippen LogP contribution in [-0.4, -0.2) is 54.7 Å². The summed E-state index contributed by atoms with van der Waals surface area (Å²) >= 11 is 1.58. The first-order valence-electron chi connectivity index (χ1n) is 10.5. The zero-order chi connectivity index (χ0) is 22.8. The minimum atomic E-state index is 0.0701. The average molecular weight is 443 g/mol. The molecule has 8 heteroatoms. The van der Waals surface area contributed by atoms with Crippen molar-refractivity contribution in [1.29, 1.82) is 5.41 Å². The monoisotopic (exact) mass is 442 g/mol. The van der Waals surface area contributed by atoms with Gasteiger partial charge in [0.05, 0.1) is 12.7 Å². The van der Waals surface area contributed by atoms with Crippen LogP contribution in [0.4, 0.5) is 5.13 Å². The van der Waals surface area contributed by atoms with E-state index in [-0.39, 0.29) is 11.1 Å². The third kappa shape index (κ3) is 5.25. The van der Waals surface area contributed by atoms with E-state index in [2.05, 4.69) is 60.5 Å². The number of methoxy groups -OCH3 is 1. The lowest BCUT2D eigenvalue weighted by atomic mass is 9.79. The number of rotatable bonds is 7. The first kappa shape index (κ1) is 23.2. The maximum atomic E-state index is 7.65. The minimum Gasteiger partial charge on any atom is -0.496 e. The Morgan fingerprint density at radius 1 is 1.26 bits per heavy atom. The molecule has 2 heterocycles. The Morgan fingerprint density at radius 2 is 1.94 bits per heavy atom. The van der Waals surface area contributed by atoms with E-state index < -0.39 is 0 Å². The van der Waals surface area contributed by atoms with Crippen LogP contribution in [0, 0.1) is 5.41 Å². The molecule has 0 aliphatic carbocycles. The number of hydrogen-bond acceptors (Lipinski definition) is 8. The van der Waals surface area contributed by atoms with Crippen molar-refractivity contribution in [3.8, 4) is 16.3 Å². The van der Waals surface area contributed by atoms with Crippen molar-refractivity contribution in [2.75, 3.05) is 26.1 Å². The summed E-state index contributed by atoms with van der Waals surface area (Å²) in [5.74, 6) is 0.718. The fraction of sp³-hybridized carbons (Fsp3) is 0.522. The number of hydrogen-bond donors (Lipinski definition) is 3. The van der Waals surface area contributed by atoms with Gasteiger partial charge in [-0.2, -0.15) is 0 Å². The lowest BCUT2D eigenvalue weighted by Gasteiger charge is -2.48. The molecule has 1 saturated heterocycles. The summed E-state index contributed by atoms with van der Waals surface area (Å²) < 4.78 is 5.65.